The van der Waals surface area contributed by atoms with Gasteiger partial charge in [-0.3, -0.25) is 4.79 Å². The van der Waals surface area contributed by atoms with Gasteiger partial charge in [0.25, 0.3) is 5.91 Å². The molecule has 10 heteroatoms. The van der Waals surface area contributed by atoms with Gasteiger partial charge in [-0.15, -0.1) is 11.3 Å². The van der Waals surface area contributed by atoms with E-state index in [4.69, 9.17) is 4.74 Å². The number of rotatable bonds is 5. The first kappa shape index (κ1) is 26.5. The highest BCUT2D eigenvalue weighted by atomic mass is 32.1. The Balaban J connectivity index is 1.54. The maximum atomic E-state index is 15.1. The summed E-state index contributed by atoms with van der Waals surface area (Å²) in [6, 6.07) is 13.4. The Labute approximate surface area is 218 Å². The van der Waals surface area contributed by atoms with Crippen LogP contribution in [-0.2, 0) is 16.0 Å². The number of halogens is 1. The number of amides is 2. The Kier molecular flexibility index (Phi) is 7.48. The Morgan fingerprint density at radius 2 is 2.08 bits per heavy atom. The van der Waals surface area contributed by atoms with Crippen molar-refractivity contribution >= 4 is 33.6 Å². The number of thiazole rings is 1. The van der Waals surface area contributed by atoms with Gasteiger partial charge in [0.2, 0.25) is 0 Å². The number of nitriles is 1. The summed E-state index contributed by atoms with van der Waals surface area (Å²) < 4.78 is 22.1. The first-order valence-electron chi connectivity index (χ1n) is 12.0. The summed E-state index contributed by atoms with van der Waals surface area (Å²) in [7, 11) is 0. The van der Waals surface area contributed by atoms with Crippen molar-refractivity contribution in [2.75, 3.05) is 19.7 Å². The Bertz CT molecular complexity index is 1330. The van der Waals surface area contributed by atoms with E-state index >= 15 is 4.39 Å². The number of carbonyl (C=O) groups is 2. The van der Waals surface area contributed by atoms with Crippen molar-refractivity contribution in [2.24, 2.45) is 5.41 Å². The maximum absolute atomic E-state index is 15.1. The van der Waals surface area contributed by atoms with Crippen molar-refractivity contribution in [1.82, 2.24) is 15.2 Å². The second-order valence-corrected chi connectivity index (χ2v) is 11.2. The molecule has 0 aliphatic carbocycles. The van der Waals surface area contributed by atoms with Crippen LogP contribution in [0.2, 0.25) is 0 Å². The third kappa shape index (κ3) is 5.43. The van der Waals surface area contributed by atoms with E-state index in [1.165, 1.54) is 22.3 Å². The molecule has 0 saturated carbocycles. The molecule has 2 atom stereocenters. The van der Waals surface area contributed by atoms with Crippen molar-refractivity contribution in [3.8, 4) is 16.6 Å². The summed E-state index contributed by atoms with van der Waals surface area (Å²) in [5.41, 5.74) is -0.539. The fourth-order valence-electron chi connectivity index (χ4n) is 4.46. The quantitative estimate of drug-likeness (QED) is 0.494. The predicted octanol–water partition coefficient (Wildman–Crippen LogP) is 4.84. The zero-order chi connectivity index (χ0) is 26.8. The molecule has 8 nitrogen and oxygen atoms in total. The molecule has 194 valence electrons. The molecule has 2 aromatic carbocycles. The second kappa shape index (κ2) is 10.4. The number of ether oxygens (including phenoxy) is 1. The summed E-state index contributed by atoms with van der Waals surface area (Å²) in [6.07, 6.45) is -0.749. The van der Waals surface area contributed by atoms with Crippen molar-refractivity contribution in [3.05, 3.63) is 53.8 Å². The molecule has 2 amide bonds. The minimum Gasteiger partial charge on any atom is -0.465 e. The average Bonchev–Trinajstić information content (AvgIpc) is 3.14. The van der Waals surface area contributed by atoms with Gasteiger partial charge in [0.05, 0.1) is 22.8 Å². The van der Waals surface area contributed by atoms with Crippen LogP contribution in [0.1, 0.15) is 32.8 Å². The Morgan fingerprint density at radius 1 is 1.32 bits per heavy atom. The minimum atomic E-state index is -1.51. The number of carboxylic acid groups (broad SMARTS) is 1. The number of hydrogen-bond acceptors (Lipinski definition) is 6. The van der Waals surface area contributed by atoms with Gasteiger partial charge < -0.3 is 20.1 Å². The summed E-state index contributed by atoms with van der Waals surface area (Å²) in [6.45, 7) is 5.65. The topological polar surface area (TPSA) is 116 Å². The lowest BCUT2D eigenvalue weighted by Crippen LogP contribution is -2.63. The van der Waals surface area contributed by atoms with E-state index in [-0.39, 0.29) is 31.7 Å². The van der Waals surface area contributed by atoms with Crippen molar-refractivity contribution in [2.45, 2.75) is 45.3 Å². The first-order valence-corrected chi connectivity index (χ1v) is 12.8. The molecule has 1 aliphatic heterocycles. The molecular weight excluding hydrogens is 495 g/mol. The van der Waals surface area contributed by atoms with E-state index in [9.17, 15) is 20.0 Å². The number of fused-ring (bicyclic) bond motifs is 1. The molecule has 0 spiro atoms. The highest BCUT2D eigenvalue weighted by molar-refractivity contribution is 7.21. The van der Waals surface area contributed by atoms with Crippen LogP contribution in [0.4, 0.5) is 9.18 Å². The van der Waals surface area contributed by atoms with Crippen LogP contribution < -0.4 is 5.32 Å². The van der Waals surface area contributed by atoms with Gasteiger partial charge in [-0.05, 0) is 30.2 Å². The van der Waals surface area contributed by atoms with Gasteiger partial charge in [-0.2, -0.15) is 5.26 Å². The van der Waals surface area contributed by atoms with E-state index in [0.29, 0.717) is 17.0 Å². The first-order chi connectivity index (χ1) is 17.5. The molecule has 1 aliphatic rings. The highest BCUT2D eigenvalue weighted by Crippen LogP contribution is 2.37. The molecule has 37 heavy (non-hydrogen) atoms. The Morgan fingerprint density at radius 3 is 2.73 bits per heavy atom. The predicted molar refractivity (Wildman–Crippen MR) is 139 cm³/mol. The van der Waals surface area contributed by atoms with Crippen LogP contribution in [0.3, 0.4) is 0 Å². The van der Waals surface area contributed by atoms with Crippen LogP contribution in [0, 0.1) is 22.6 Å². The van der Waals surface area contributed by atoms with Crippen LogP contribution in [0.15, 0.2) is 42.5 Å². The summed E-state index contributed by atoms with van der Waals surface area (Å²) in [4.78, 5) is 31.0. The van der Waals surface area contributed by atoms with Gasteiger partial charge in [-0.25, -0.2) is 14.2 Å². The lowest BCUT2D eigenvalue weighted by Gasteiger charge is -2.43. The zero-order valence-corrected chi connectivity index (χ0v) is 21.8. The van der Waals surface area contributed by atoms with Crippen LogP contribution in [0.25, 0.3) is 20.8 Å². The molecule has 2 N–H and O–H groups in total. The molecular formula is C27H29FN4O4S. The molecule has 4 rings (SSSR count). The number of benzene rings is 2. The fourth-order valence-corrected chi connectivity index (χ4v) is 5.42. The number of para-hydroxylation sites is 1. The lowest BCUT2D eigenvalue weighted by molar-refractivity contribution is -0.165. The van der Waals surface area contributed by atoms with Gasteiger partial charge in [-0.1, -0.05) is 45.0 Å². The summed E-state index contributed by atoms with van der Waals surface area (Å²) in [5.74, 6) is -1.09. The van der Waals surface area contributed by atoms with Crippen molar-refractivity contribution in [3.63, 3.8) is 0 Å². The van der Waals surface area contributed by atoms with Crippen LogP contribution >= 0.6 is 11.3 Å². The molecule has 2 heterocycles. The number of hydrogen-bond donors (Lipinski definition) is 2. The van der Waals surface area contributed by atoms with E-state index in [1.807, 2.05) is 30.3 Å². The molecule has 1 aromatic heterocycles. The van der Waals surface area contributed by atoms with E-state index < -0.39 is 34.9 Å². The molecule has 3 aromatic rings. The largest absolute Gasteiger partial charge is 0.465 e. The summed E-state index contributed by atoms with van der Waals surface area (Å²) >= 11 is 1.47. The normalized spacial score (nSPS) is 19.2. The van der Waals surface area contributed by atoms with E-state index in [2.05, 4.69) is 10.3 Å². The third-order valence-corrected chi connectivity index (χ3v) is 7.75. The van der Waals surface area contributed by atoms with Gasteiger partial charge in [0.1, 0.15) is 16.9 Å². The standard InChI is InChI=1S/C27H29FN4O4S/c1-26(2,3)27(16-32(25(34)35)11-6-12-36-27)24(33)30-19(15-29)13-17-9-10-18(14-20(17)28)23-31-21-7-4-5-8-22(21)37-23/h4-5,7-10,14,19H,6,11-13,16H2,1-3H3,(H,30,33)(H,34,35)/t19-,27?/m0/s1. The maximum Gasteiger partial charge on any atom is 0.407 e. The molecule has 1 saturated heterocycles. The Hall–Kier alpha value is -3.55. The minimum absolute atomic E-state index is 0.0585. The van der Waals surface area contributed by atoms with E-state index in [1.54, 1.807) is 32.9 Å². The van der Waals surface area contributed by atoms with Crippen LogP contribution in [0.5, 0.6) is 0 Å². The lowest BCUT2D eigenvalue weighted by atomic mass is 9.75. The number of aromatic nitrogens is 1. The fraction of sp³-hybridized carbons (Fsp3) is 0.407. The monoisotopic (exact) mass is 524 g/mol. The molecule has 0 bridgehead atoms. The molecule has 1 unspecified atom stereocenters. The smallest absolute Gasteiger partial charge is 0.407 e. The number of nitrogens with one attached hydrogen (secondary N) is 1. The highest BCUT2D eigenvalue weighted by Gasteiger charge is 2.53. The number of carbonyl (C=O) groups excluding carboxylic acids is 1. The SMILES string of the molecule is CC(C)(C)C1(C(=O)N[C@H](C#N)Cc2ccc(-c3nc4ccccc4s3)cc2F)CN(C(=O)O)CCCO1. The van der Waals surface area contributed by atoms with Gasteiger partial charge >= 0.3 is 6.09 Å². The van der Waals surface area contributed by atoms with Gasteiger partial charge in [0.15, 0.2) is 5.60 Å². The zero-order valence-electron chi connectivity index (χ0n) is 21.0. The van der Waals surface area contributed by atoms with Crippen molar-refractivity contribution < 1.29 is 23.8 Å². The van der Waals surface area contributed by atoms with Crippen LogP contribution in [-0.4, -0.2) is 58.3 Å². The number of nitrogens with zero attached hydrogens (tertiary/aromatic N) is 3. The van der Waals surface area contributed by atoms with Gasteiger partial charge in [0, 0.05) is 30.6 Å². The second-order valence-electron chi connectivity index (χ2n) is 10.1. The van der Waals surface area contributed by atoms with E-state index in [0.717, 1.165) is 10.2 Å². The average molecular weight is 525 g/mol. The molecule has 1 fully saturated rings. The third-order valence-electron chi connectivity index (χ3n) is 6.66. The van der Waals surface area contributed by atoms with Crippen molar-refractivity contribution in [1.29, 1.82) is 5.26 Å². The summed E-state index contributed by atoms with van der Waals surface area (Å²) in [5, 5.41) is 22.7. The molecule has 0 radical (unpaired) electrons.